The maximum absolute atomic E-state index is 9.95. The van der Waals surface area contributed by atoms with Gasteiger partial charge >= 0.3 is 5.97 Å². The van der Waals surface area contributed by atoms with Crippen molar-refractivity contribution in [2.24, 2.45) is 4.99 Å². The zero-order chi connectivity index (χ0) is 7.28. The summed E-state index contributed by atoms with van der Waals surface area (Å²) in [4.78, 5) is 22.3. The van der Waals surface area contributed by atoms with E-state index in [1.54, 1.807) is 0 Å². The van der Waals surface area contributed by atoms with Crippen LogP contribution in [-0.2, 0) is 9.59 Å². The number of aliphatic carboxylic acids is 1. The quantitative estimate of drug-likeness (QED) is 0.330. The van der Waals surface area contributed by atoms with Crippen LogP contribution in [0.15, 0.2) is 16.8 Å². The van der Waals surface area contributed by atoms with E-state index in [9.17, 15) is 9.59 Å². The van der Waals surface area contributed by atoms with Gasteiger partial charge in [0, 0.05) is 0 Å². The van der Waals surface area contributed by atoms with Gasteiger partial charge in [-0.05, 0) is 6.92 Å². The standard InChI is InChI=1S/C5H5NO3/c1-4(5(8)9)2-6-3-7/h2H,1H3,(H,8,9). The van der Waals surface area contributed by atoms with Gasteiger partial charge in [-0.1, -0.05) is 0 Å². The molecule has 0 aromatic carbocycles. The van der Waals surface area contributed by atoms with Crippen molar-refractivity contribution >= 4 is 12.0 Å². The Kier molecular flexibility index (Phi) is 3.01. The lowest BCUT2D eigenvalue weighted by Crippen LogP contribution is -1.94. The van der Waals surface area contributed by atoms with Crippen LogP contribution in [0.4, 0.5) is 0 Å². The lowest BCUT2D eigenvalue weighted by atomic mass is 10.3. The summed E-state index contributed by atoms with van der Waals surface area (Å²) in [6.07, 6.45) is 2.13. The predicted octanol–water partition coefficient (Wildman–Crippen LogP) is 0.311. The third kappa shape index (κ3) is 3.20. The van der Waals surface area contributed by atoms with Gasteiger partial charge in [0.25, 0.3) is 0 Å². The maximum Gasteiger partial charge on any atom is 0.332 e. The molecule has 4 nitrogen and oxygen atoms in total. The lowest BCUT2D eigenvalue weighted by molar-refractivity contribution is -0.132. The molecule has 0 rings (SSSR count). The second-order valence-corrected chi connectivity index (χ2v) is 1.34. The van der Waals surface area contributed by atoms with Crippen molar-refractivity contribution in [3.8, 4) is 0 Å². The Bertz CT molecular complexity index is 188. The number of nitrogens with zero attached hydrogens (tertiary/aromatic N) is 1. The molecule has 0 saturated carbocycles. The molecule has 48 valence electrons. The van der Waals surface area contributed by atoms with Gasteiger partial charge < -0.3 is 5.11 Å². The number of carboxylic acid groups (broad SMARTS) is 1. The molecule has 0 bridgehead atoms. The number of aliphatic imine (C=N–C) groups is 1. The molecular weight excluding hydrogens is 122 g/mol. The normalized spacial score (nSPS) is 10.1. The zero-order valence-corrected chi connectivity index (χ0v) is 4.79. The highest BCUT2D eigenvalue weighted by molar-refractivity contribution is 5.85. The van der Waals surface area contributed by atoms with Crippen LogP contribution < -0.4 is 0 Å². The molecule has 0 aliphatic carbocycles. The van der Waals surface area contributed by atoms with Crippen LogP contribution in [0, 0.1) is 0 Å². The average Bonchev–Trinajstić information content (AvgIpc) is 1.82. The topological polar surface area (TPSA) is 66.7 Å². The first-order valence-corrected chi connectivity index (χ1v) is 2.15. The fourth-order valence-electron chi connectivity index (χ4n) is 0.178. The smallest absolute Gasteiger partial charge is 0.332 e. The van der Waals surface area contributed by atoms with Gasteiger partial charge in [0.05, 0.1) is 11.8 Å². The third-order valence-electron chi connectivity index (χ3n) is 0.648. The number of carbonyl (C=O) groups excluding carboxylic acids is 1. The Morgan fingerprint density at radius 1 is 1.78 bits per heavy atom. The molecule has 0 unspecified atom stereocenters. The number of isocyanates is 1. The highest BCUT2D eigenvalue weighted by atomic mass is 16.4. The highest BCUT2D eigenvalue weighted by Crippen LogP contribution is 1.89. The van der Waals surface area contributed by atoms with Gasteiger partial charge in [0.1, 0.15) is 0 Å². The van der Waals surface area contributed by atoms with Crippen molar-refractivity contribution in [3.63, 3.8) is 0 Å². The van der Waals surface area contributed by atoms with Gasteiger partial charge in [-0.15, -0.1) is 0 Å². The lowest BCUT2D eigenvalue weighted by Gasteiger charge is -1.83. The molecule has 0 aromatic heterocycles. The first kappa shape index (κ1) is 7.59. The van der Waals surface area contributed by atoms with Crippen LogP contribution in [0.3, 0.4) is 0 Å². The Morgan fingerprint density at radius 3 is 2.67 bits per heavy atom. The monoisotopic (exact) mass is 127 g/mol. The summed E-state index contributed by atoms with van der Waals surface area (Å²) in [6.45, 7) is 1.34. The largest absolute Gasteiger partial charge is 0.478 e. The third-order valence-corrected chi connectivity index (χ3v) is 0.648. The number of hydrogen-bond donors (Lipinski definition) is 1. The number of carbonyl (C=O) groups is 1. The molecule has 0 aromatic rings. The van der Waals surface area contributed by atoms with Crippen LogP contribution in [0.1, 0.15) is 6.92 Å². The van der Waals surface area contributed by atoms with E-state index < -0.39 is 5.97 Å². The molecular formula is C5H5NO3. The summed E-state index contributed by atoms with van der Waals surface area (Å²) >= 11 is 0. The van der Waals surface area contributed by atoms with E-state index in [4.69, 9.17) is 5.11 Å². The van der Waals surface area contributed by atoms with E-state index in [0.717, 1.165) is 6.20 Å². The van der Waals surface area contributed by atoms with Crippen molar-refractivity contribution in [1.82, 2.24) is 0 Å². The van der Waals surface area contributed by atoms with Gasteiger partial charge in [0.2, 0.25) is 6.08 Å². The van der Waals surface area contributed by atoms with Crippen LogP contribution >= 0.6 is 0 Å². The molecule has 4 heteroatoms. The second kappa shape index (κ2) is 3.57. The molecule has 0 heterocycles. The van der Waals surface area contributed by atoms with E-state index in [1.807, 2.05) is 0 Å². The highest BCUT2D eigenvalue weighted by Gasteiger charge is 1.95. The molecule has 0 fully saturated rings. The Labute approximate surface area is 51.5 Å². The molecule has 0 spiro atoms. The molecule has 0 aliphatic rings. The summed E-state index contributed by atoms with van der Waals surface area (Å²) < 4.78 is 0. The minimum Gasteiger partial charge on any atom is -0.478 e. The summed E-state index contributed by atoms with van der Waals surface area (Å²) in [5.41, 5.74) is 0.0124. The summed E-state index contributed by atoms with van der Waals surface area (Å²) in [5, 5.41) is 8.15. The molecule has 0 atom stereocenters. The fraction of sp³-hybridized carbons (Fsp3) is 0.200. The van der Waals surface area contributed by atoms with Crippen LogP contribution in [0.2, 0.25) is 0 Å². The van der Waals surface area contributed by atoms with Crippen molar-refractivity contribution in [1.29, 1.82) is 0 Å². The minimum atomic E-state index is -1.09. The Morgan fingerprint density at radius 2 is 2.33 bits per heavy atom. The fourth-order valence-corrected chi connectivity index (χ4v) is 0.178. The van der Waals surface area contributed by atoms with E-state index in [1.165, 1.54) is 13.0 Å². The van der Waals surface area contributed by atoms with E-state index in [0.29, 0.717) is 0 Å². The summed E-state index contributed by atoms with van der Waals surface area (Å²) in [5.74, 6) is -1.09. The minimum absolute atomic E-state index is 0.0124. The van der Waals surface area contributed by atoms with Crippen molar-refractivity contribution in [2.45, 2.75) is 6.92 Å². The van der Waals surface area contributed by atoms with E-state index in [2.05, 4.69) is 4.99 Å². The van der Waals surface area contributed by atoms with Gasteiger partial charge in [0.15, 0.2) is 0 Å². The van der Waals surface area contributed by atoms with Crippen LogP contribution in [0.25, 0.3) is 0 Å². The molecule has 0 amide bonds. The van der Waals surface area contributed by atoms with Crippen molar-refractivity contribution in [3.05, 3.63) is 11.8 Å². The Hall–Kier alpha value is -1.41. The maximum atomic E-state index is 9.95. The first-order chi connectivity index (χ1) is 4.18. The molecule has 0 aliphatic heterocycles. The zero-order valence-electron chi connectivity index (χ0n) is 4.79. The van der Waals surface area contributed by atoms with Crippen LogP contribution in [-0.4, -0.2) is 17.2 Å². The summed E-state index contributed by atoms with van der Waals surface area (Å²) in [7, 11) is 0. The summed E-state index contributed by atoms with van der Waals surface area (Å²) in [6, 6.07) is 0. The van der Waals surface area contributed by atoms with E-state index >= 15 is 0 Å². The molecule has 0 saturated heterocycles. The SMILES string of the molecule is CC(=CN=C=O)C(=O)O. The Balaban J connectivity index is 4.16. The predicted molar refractivity (Wildman–Crippen MR) is 29.5 cm³/mol. The average molecular weight is 127 g/mol. The molecule has 1 N–H and O–H groups in total. The van der Waals surface area contributed by atoms with Gasteiger partial charge in [-0.2, -0.15) is 4.99 Å². The molecule has 9 heavy (non-hydrogen) atoms. The molecule has 0 radical (unpaired) electrons. The number of hydrogen-bond acceptors (Lipinski definition) is 3. The van der Waals surface area contributed by atoms with Gasteiger partial charge in [-0.25, -0.2) is 9.59 Å². The van der Waals surface area contributed by atoms with Crippen LogP contribution in [0.5, 0.6) is 0 Å². The first-order valence-electron chi connectivity index (χ1n) is 2.15. The van der Waals surface area contributed by atoms with Gasteiger partial charge in [-0.3, -0.25) is 0 Å². The van der Waals surface area contributed by atoms with Crippen molar-refractivity contribution in [2.75, 3.05) is 0 Å². The number of carboxylic acids is 1. The van der Waals surface area contributed by atoms with E-state index in [-0.39, 0.29) is 5.57 Å². The van der Waals surface area contributed by atoms with Crippen molar-refractivity contribution < 1.29 is 14.7 Å². The number of rotatable bonds is 2. The second-order valence-electron chi connectivity index (χ2n) is 1.34.